The number of fused-ring (bicyclic) bond motifs is 1. The SMILES string of the molecule is CCS(=O)(=O)c1ccc2c(c1)CN(C(=O)C1CCOC1)C2C(=O)Nc1ccc(C(O)(C(F)(F)F)C(F)(F)F)cc1. The maximum absolute atomic E-state index is 13.4. The molecule has 2 atom stereocenters. The number of anilines is 1. The van der Waals surface area contributed by atoms with E-state index in [2.05, 4.69) is 5.32 Å². The lowest BCUT2D eigenvalue weighted by Gasteiger charge is -2.32. The van der Waals surface area contributed by atoms with Crippen LogP contribution in [0.5, 0.6) is 0 Å². The molecule has 40 heavy (non-hydrogen) atoms. The number of alkyl halides is 6. The van der Waals surface area contributed by atoms with Crippen LogP contribution < -0.4 is 5.32 Å². The highest BCUT2D eigenvalue weighted by atomic mass is 32.2. The molecule has 2 heterocycles. The Hall–Kier alpha value is -3.17. The molecule has 2 aromatic rings. The van der Waals surface area contributed by atoms with Crippen LogP contribution in [0.1, 0.15) is 36.1 Å². The summed E-state index contributed by atoms with van der Waals surface area (Å²) in [4.78, 5) is 27.9. The molecule has 2 aromatic carbocycles. The fourth-order valence-corrected chi connectivity index (χ4v) is 5.66. The summed E-state index contributed by atoms with van der Waals surface area (Å²) in [5, 5.41) is 12.0. The molecular formula is C25H24F6N2O6S. The number of benzene rings is 2. The summed E-state index contributed by atoms with van der Waals surface area (Å²) in [5.41, 5.74) is -6.11. The molecule has 218 valence electrons. The molecule has 0 aliphatic carbocycles. The molecule has 0 spiro atoms. The van der Waals surface area contributed by atoms with Gasteiger partial charge in [0.1, 0.15) is 6.04 Å². The van der Waals surface area contributed by atoms with E-state index in [0.717, 1.165) is 12.1 Å². The van der Waals surface area contributed by atoms with Crippen molar-refractivity contribution in [2.24, 2.45) is 5.92 Å². The van der Waals surface area contributed by atoms with Gasteiger partial charge in [-0.05, 0) is 41.8 Å². The van der Waals surface area contributed by atoms with Crippen LogP contribution in [-0.2, 0) is 36.3 Å². The minimum Gasteiger partial charge on any atom is -0.381 e. The number of halogens is 6. The van der Waals surface area contributed by atoms with Crippen LogP contribution >= 0.6 is 0 Å². The van der Waals surface area contributed by atoms with Crippen LogP contribution in [0.15, 0.2) is 47.4 Å². The summed E-state index contributed by atoms with van der Waals surface area (Å²) in [6, 6.07) is 5.11. The Labute approximate surface area is 224 Å². The standard InChI is InChI=1S/C25H24F6N2O6S/c1-2-40(37,38)18-7-8-19-15(11-18)12-33(22(35)14-9-10-39-13-14)20(19)21(34)32-17-5-3-16(4-6-17)23(36,24(26,27)28)25(29,30)31/h3-8,11,14,20,36H,2,9-10,12-13H2,1H3,(H,32,34). The third kappa shape index (κ3) is 5.17. The number of sulfone groups is 1. The number of ether oxygens (including phenoxy) is 1. The smallest absolute Gasteiger partial charge is 0.381 e. The van der Waals surface area contributed by atoms with Crippen LogP contribution in [0.25, 0.3) is 0 Å². The predicted octanol–water partition coefficient (Wildman–Crippen LogP) is 3.85. The van der Waals surface area contributed by atoms with E-state index in [0.29, 0.717) is 36.3 Å². The maximum Gasteiger partial charge on any atom is 0.430 e. The summed E-state index contributed by atoms with van der Waals surface area (Å²) in [6.07, 6.45) is -11.7. The number of nitrogens with one attached hydrogen (secondary N) is 1. The summed E-state index contributed by atoms with van der Waals surface area (Å²) in [7, 11) is -3.60. The van der Waals surface area contributed by atoms with E-state index in [1.165, 1.54) is 30.0 Å². The van der Waals surface area contributed by atoms with Gasteiger partial charge in [0.2, 0.25) is 5.91 Å². The van der Waals surface area contributed by atoms with Crippen LogP contribution in [0.4, 0.5) is 32.0 Å². The predicted molar refractivity (Wildman–Crippen MR) is 127 cm³/mol. The van der Waals surface area contributed by atoms with Crippen LogP contribution in [-0.4, -0.2) is 61.6 Å². The van der Waals surface area contributed by atoms with Gasteiger partial charge in [-0.2, -0.15) is 26.3 Å². The Kier molecular flexibility index (Phi) is 7.71. The number of rotatable bonds is 6. The molecule has 0 saturated carbocycles. The first-order valence-electron chi connectivity index (χ1n) is 12.0. The zero-order chi connectivity index (χ0) is 29.7. The van der Waals surface area contributed by atoms with Crippen molar-refractivity contribution in [3.8, 4) is 0 Å². The fourth-order valence-electron chi connectivity index (χ4n) is 4.73. The second-order valence-electron chi connectivity index (χ2n) is 9.47. The van der Waals surface area contributed by atoms with Crippen molar-refractivity contribution in [2.45, 2.75) is 48.8 Å². The molecule has 2 aliphatic heterocycles. The number of hydrogen-bond acceptors (Lipinski definition) is 6. The fraction of sp³-hybridized carbons (Fsp3) is 0.440. The molecule has 0 aromatic heterocycles. The zero-order valence-corrected chi connectivity index (χ0v) is 21.7. The van der Waals surface area contributed by atoms with Crippen molar-refractivity contribution in [1.29, 1.82) is 0 Å². The van der Waals surface area contributed by atoms with Gasteiger partial charge in [0.25, 0.3) is 11.5 Å². The van der Waals surface area contributed by atoms with E-state index >= 15 is 0 Å². The molecule has 1 saturated heterocycles. The van der Waals surface area contributed by atoms with E-state index < -0.39 is 57.1 Å². The average molecular weight is 595 g/mol. The first-order chi connectivity index (χ1) is 18.5. The van der Waals surface area contributed by atoms with Crippen molar-refractivity contribution in [2.75, 3.05) is 24.3 Å². The zero-order valence-electron chi connectivity index (χ0n) is 20.8. The minimum absolute atomic E-state index is 0.00353. The van der Waals surface area contributed by atoms with Gasteiger partial charge in [0, 0.05) is 24.4 Å². The second-order valence-corrected chi connectivity index (χ2v) is 11.7. The normalized spacial score (nSPS) is 19.9. The van der Waals surface area contributed by atoms with Crippen molar-refractivity contribution in [3.63, 3.8) is 0 Å². The highest BCUT2D eigenvalue weighted by molar-refractivity contribution is 7.91. The molecule has 0 bridgehead atoms. The first kappa shape index (κ1) is 29.8. The Morgan fingerprint density at radius 2 is 1.68 bits per heavy atom. The van der Waals surface area contributed by atoms with E-state index in [9.17, 15) is 49.5 Å². The van der Waals surface area contributed by atoms with Crippen molar-refractivity contribution in [3.05, 3.63) is 59.2 Å². The Morgan fingerprint density at radius 3 is 2.20 bits per heavy atom. The third-order valence-corrected chi connectivity index (χ3v) is 8.73. The van der Waals surface area contributed by atoms with Gasteiger partial charge in [0.15, 0.2) is 9.84 Å². The van der Waals surface area contributed by atoms with Gasteiger partial charge >= 0.3 is 12.4 Å². The number of carbonyl (C=O) groups is 2. The molecule has 2 aliphatic rings. The van der Waals surface area contributed by atoms with Gasteiger partial charge in [0.05, 0.1) is 23.2 Å². The van der Waals surface area contributed by atoms with Gasteiger partial charge in [-0.3, -0.25) is 9.59 Å². The molecule has 1 fully saturated rings. The molecule has 2 unspecified atom stereocenters. The van der Waals surface area contributed by atoms with Crippen LogP contribution in [0.2, 0.25) is 0 Å². The molecule has 8 nitrogen and oxygen atoms in total. The quantitative estimate of drug-likeness (QED) is 0.492. The summed E-state index contributed by atoms with van der Waals surface area (Å²) in [6.45, 7) is 1.82. The molecule has 15 heteroatoms. The maximum atomic E-state index is 13.4. The van der Waals surface area contributed by atoms with Gasteiger partial charge in [-0.25, -0.2) is 8.42 Å². The molecule has 4 rings (SSSR count). The van der Waals surface area contributed by atoms with E-state index in [1.54, 1.807) is 0 Å². The summed E-state index contributed by atoms with van der Waals surface area (Å²) in [5.74, 6) is -1.98. The van der Waals surface area contributed by atoms with Crippen molar-refractivity contribution in [1.82, 2.24) is 4.90 Å². The topological polar surface area (TPSA) is 113 Å². The van der Waals surface area contributed by atoms with Crippen molar-refractivity contribution < 1.29 is 54.2 Å². The number of hydrogen-bond donors (Lipinski definition) is 2. The van der Waals surface area contributed by atoms with E-state index in [-0.39, 0.29) is 29.5 Å². The molecule has 0 radical (unpaired) electrons. The lowest BCUT2D eigenvalue weighted by molar-refractivity contribution is -0.376. The Balaban J connectivity index is 1.65. The highest BCUT2D eigenvalue weighted by Crippen LogP contribution is 2.50. The first-order valence-corrected chi connectivity index (χ1v) is 13.7. The minimum atomic E-state index is -6.07. The largest absolute Gasteiger partial charge is 0.430 e. The van der Waals surface area contributed by atoms with Crippen LogP contribution in [0, 0.1) is 5.92 Å². The van der Waals surface area contributed by atoms with Gasteiger partial charge < -0.3 is 20.1 Å². The average Bonchev–Trinajstić information content (AvgIpc) is 3.55. The molecule has 2 amide bonds. The number of carbonyl (C=O) groups excluding carboxylic acids is 2. The van der Waals surface area contributed by atoms with E-state index in [1.807, 2.05) is 0 Å². The van der Waals surface area contributed by atoms with E-state index in [4.69, 9.17) is 4.74 Å². The number of aliphatic hydroxyl groups is 1. The lowest BCUT2D eigenvalue weighted by Crippen LogP contribution is -2.53. The number of amides is 2. The Morgan fingerprint density at radius 1 is 1.05 bits per heavy atom. The second kappa shape index (κ2) is 10.3. The number of nitrogens with zero attached hydrogens (tertiary/aromatic N) is 1. The summed E-state index contributed by atoms with van der Waals surface area (Å²) >= 11 is 0. The highest BCUT2D eigenvalue weighted by Gasteiger charge is 2.71. The monoisotopic (exact) mass is 594 g/mol. The Bertz CT molecular complexity index is 1390. The lowest BCUT2D eigenvalue weighted by atomic mass is 9.92. The van der Waals surface area contributed by atoms with Gasteiger partial charge in [-0.15, -0.1) is 0 Å². The molecule has 2 N–H and O–H groups in total. The molecular weight excluding hydrogens is 570 g/mol. The summed E-state index contributed by atoms with van der Waals surface area (Å²) < 4.78 is 109. The van der Waals surface area contributed by atoms with Gasteiger partial charge in [-0.1, -0.05) is 25.1 Å². The third-order valence-electron chi connectivity index (χ3n) is 7.00. The van der Waals surface area contributed by atoms with Crippen molar-refractivity contribution >= 4 is 27.3 Å². The van der Waals surface area contributed by atoms with Crippen LogP contribution in [0.3, 0.4) is 0 Å².